The van der Waals surface area contributed by atoms with Crippen molar-refractivity contribution in [2.24, 2.45) is 0 Å². The summed E-state index contributed by atoms with van der Waals surface area (Å²) in [5.41, 5.74) is 0.321. The minimum absolute atomic E-state index is 0.0114. The smallest absolute Gasteiger partial charge is 0.269 e. The first-order valence-electron chi connectivity index (χ1n) is 5.68. The summed E-state index contributed by atoms with van der Waals surface area (Å²) in [6.07, 6.45) is 1.65. The molecule has 0 aromatic carbocycles. The molecule has 8 heteroatoms. The molecule has 0 unspecified atom stereocenters. The fourth-order valence-corrected chi connectivity index (χ4v) is 3.27. The van der Waals surface area contributed by atoms with Crippen LogP contribution in [0.15, 0.2) is 18.3 Å². The molecular formula is C11H13N3O4S. The summed E-state index contributed by atoms with van der Waals surface area (Å²) in [7, 11) is -2.02. The second kappa shape index (κ2) is 4.96. The molecule has 1 aromatic heterocycles. The molecule has 102 valence electrons. The lowest BCUT2D eigenvalue weighted by atomic mass is 10.2. The zero-order valence-electron chi connectivity index (χ0n) is 10.3. The number of amides is 2. The zero-order chi connectivity index (χ0) is 14.0. The Hall–Kier alpha value is -1.96. The van der Waals surface area contributed by atoms with Gasteiger partial charge >= 0.3 is 0 Å². The molecule has 1 fully saturated rings. The van der Waals surface area contributed by atoms with Gasteiger partial charge in [-0.2, -0.15) is 0 Å². The van der Waals surface area contributed by atoms with Gasteiger partial charge in [0.2, 0.25) is 10.0 Å². The van der Waals surface area contributed by atoms with Gasteiger partial charge in [-0.25, -0.2) is 12.7 Å². The molecule has 0 bridgehead atoms. The highest BCUT2D eigenvalue weighted by molar-refractivity contribution is 7.89. The quantitative estimate of drug-likeness (QED) is 0.798. The van der Waals surface area contributed by atoms with E-state index in [-0.39, 0.29) is 29.5 Å². The molecule has 0 aliphatic carbocycles. The molecule has 2 heterocycles. The molecule has 19 heavy (non-hydrogen) atoms. The molecule has 0 atom stereocenters. The molecule has 0 radical (unpaired) electrons. The first-order chi connectivity index (χ1) is 8.95. The van der Waals surface area contributed by atoms with Crippen molar-refractivity contribution in [2.45, 2.75) is 6.42 Å². The Bertz CT molecular complexity index is 609. The van der Waals surface area contributed by atoms with E-state index < -0.39 is 15.9 Å². The maximum absolute atomic E-state index is 12.0. The highest BCUT2D eigenvalue weighted by atomic mass is 32.2. The van der Waals surface area contributed by atoms with E-state index in [1.165, 1.54) is 25.4 Å². The third kappa shape index (κ3) is 2.58. The van der Waals surface area contributed by atoms with E-state index in [9.17, 15) is 18.0 Å². The molecule has 1 N–H and O–H groups in total. The van der Waals surface area contributed by atoms with Crippen molar-refractivity contribution in [2.75, 3.05) is 19.3 Å². The monoisotopic (exact) mass is 283 g/mol. The number of carbonyl (C=O) groups is 2. The summed E-state index contributed by atoms with van der Waals surface area (Å²) in [4.78, 5) is 27.1. The van der Waals surface area contributed by atoms with Crippen LogP contribution in [-0.4, -0.2) is 48.9 Å². The summed E-state index contributed by atoms with van der Waals surface area (Å²) >= 11 is 0. The van der Waals surface area contributed by atoms with Crippen molar-refractivity contribution in [1.29, 1.82) is 0 Å². The first-order valence-corrected chi connectivity index (χ1v) is 7.29. The zero-order valence-corrected chi connectivity index (χ0v) is 11.1. The molecule has 1 aliphatic rings. The largest absolute Gasteiger partial charge is 0.354 e. The summed E-state index contributed by atoms with van der Waals surface area (Å²) in [6, 6.07) is 2.78. The lowest BCUT2D eigenvalue weighted by Gasteiger charge is -2.14. The number of nitrogens with one attached hydrogen (secondary N) is 1. The van der Waals surface area contributed by atoms with Crippen LogP contribution in [0, 0.1) is 0 Å². The lowest BCUT2D eigenvalue weighted by Crippen LogP contribution is -2.32. The average molecular weight is 283 g/mol. The van der Waals surface area contributed by atoms with Gasteiger partial charge in [0.15, 0.2) is 0 Å². The summed E-state index contributed by atoms with van der Waals surface area (Å²) < 4.78 is 24.1. The second-order valence-corrected chi connectivity index (χ2v) is 6.07. The SMILES string of the molecule is CNC(=O)c1ccc(C(=O)N2CCCS2(=O)=O)cn1. The van der Waals surface area contributed by atoms with Gasteiger partial charge in [0.05, 0.1) is 11.3 Å². The minimum Gasteiger partial charge on any atom is -0.354 e. The van der Waals surface area contributed by atoms with Crippen LogP contribution in [-0.2, 0) is 10.0 Å². The number of carbonyl (C=O) groups excluding carboxylic acids is 2. The number of nitrogens with zero attached hydrogens (tertiary/aromatic N) is 2. The van der Waals surface area contributed by atoms with Crippen LogP contribution in [0.2, 0.25) is 0 Å². The van der Waals surface area contributed by atoms with Gasteiger partial charge in [0.1, 0.15) is 5.69 Å². The minimum atomic E-state index is -3.49. The Morgan fingerprint density at radius 1 is 1.37 bits per heavy atom. The number of rotatable bonds is 2. The Morgan fingerprint density at radius 2 is 2.11 bits per heavy atom. The van der Waals surface area contributed by atoms with Crippen LogP contribution in [0.1, 0.15) is 27.3 Å². The first kappa shape index (κ1) is 13.5. The molecule has 1 aromatic rings. The van der Waals surface area contributed by atoms with Crippen molar-refractivity contribution < 1.29 is 18.0 Å². The number of hydrogen-bond donors (Lipinski definition) is 1. The van der Waals surface area contributed by atoms with E-state index in [4.69, 9.17) is 0 Å². The Labute approximate surface area is 110 Å². The maximum Gasteiger partial charge on any atom is 0.269 e. The van der Waals surface area contributed by atoms with E-state index in [1.807, 2.05) is 0 Å². The molecule has 0 spiro atoms. The molecular weight excluding hydrogens is 270 g/mol. The summed E-state index contributed by atoms with van der Waals surface area (Å²) in [6.45, 7) is 0.193. The third-order valence-electron chi connectivity index (χ3n) is 2.80. The third-order valence-corrected chi connectivity index (χ3v) is 4.62. The summed E-state index contributed by atoms with van der Waals surface area (Å²) in [5.74, 6) is -0.982. The molecule has 1 saturated heterocycles. The summed E-state index contributed by atoms with van der Waals surface area (Å²) in [5, 5.41) is 2.41. The van der Waals surface area contributed by atoms with Gasteiger partial charge in [-0.15, -0.1) is 0 Å². The van der Waals surface area contributed by atoms with Gasteiger partial charge < -0.3 is 5.32 Å². The normalized spacial score (nSPS) is 17.2. The Kier molecular flexibility index (Phi) is 3.52. The average Bonchev–Trinajstić information content (AvgIpc) is 2.77. The highest BCUT2D eigenvalue weighted by Gasteiger charge is 2.33. The molecule has 0 saturated carbocycles. The predicted octanol–water partition coefficient (Wildman–Crippen LogP) is -0.383. The number of aromatic nitrogens is 1. The number of hydrogen-bond acceptors (Lipinski definition) is 5. The number of pyridine rings is 1. The molecule has 2 rings (SSSR count). The fraction of sp³-hybridized carbons (Fsp3) is 0.364. The van der Waals surface area contributed by atoms with Crippen LogP contribution in [0.4, 0.5) is 0 Å². The van der Waals surface area contributed by atoms with Gasteiger partial charge in [0, 0.05) is 19.8 Å². The molecule has 2 amide bonds. The molecule has 7 nitrogen and oxygen atoms in total. The van der Waals surface area contributed by atoms with Crippen LogP contribution < -0.4 is 5.32 Å². The number of sulfonamides is 1. The van der Waals surface area contributed by atoms with Crippen LogP contribution >= 0.6 is 0 Å². The van der Waals surface area contributed by atoms with Gasteiger partial charge in [-0.1, -0.05) is 0 Å². The van der Waals surface area contributed by atoms with Crippen molar-refractivity contribution in [3.05, 3.63) is 29.6 Å². The second-order valence-electron chi connectivity index (χ2n) is 4.06. The van der Waals surface area contributed by atoms with E-state index in [1.54, 1.807) is 0 Å². The van der Waals surface area contributed by atoms with Crippen LogP contribution in [0.25, 0.3) is 0 Å². The van der Waals surface area contributed by atoms with Crippen molar-refractivity contribution in [1.82, 2.24) is 14.6 Å². The van der Waals surface area contributed by atoms with Crippen molar-refractivity contribution >= 4 is 21.8 Å². The van der Waals surface area contributed by atoms with E-state index in [0.29, 0.717) is 6.42 Å². The standard InChI is InChI=1S/C11H13N3O4S/c1-12-10(15)9-4-3-8(7-13-9)11(16)14-5-2-6-19(14,17)18/h3-4,7H,2,5-6H2,1H3,(H,12,15). The van der Waals surface area contributed by atoms with Crippen LogP contribution in [0.3, 0.4) is 0 Å². The van der Waals surface area contributed by atoms with Crippen molar-refractivity contribution in [3.8, 4) is 0 Å². The van der Waals surface area contributed by atoms with E-state index >= 15 is 0 Å². The molecule has 1 aliphatic heterocycles. The Balaban J connectivity index is 2.23. The predicted molar refractivity (Wildman–Crippen MR) is 67.1 cm³/mol. The highest BCUT2D eigenvalue weighted by Crippen LogP contribution is 2.17. The Morgan fingerprint density at radius 3 is 2.58 bits per heavy atom. The maximum atomic E-state index is 12.0. The van der Waals surface area contributed by atoms with E-state index in [2.05, 4.69) is 10.3 Å². The fourth-order valence-electron chi connectivity index (χ4n) is 1.79. The lowest BCUT2D eigenvalue weighted by molar-refractivity contribution is 0.0867. The van der Waals surface area contributed by atoms with Gasteiger partial charge in [-0.3, -0.25) is 14.6 Å². The van der Waals surface area contributed by atoms with E-state index in [0.717, 1.165) is 4.31 Å². The van der Waals surface area contributed by atoms with Gasteiger partial charge in [0.25, 0.3) is 11.8 Å². The van der Waals surface area contributed by atoms with Crippen LogP contribution in [0.5, 0.6) is 0 Å². The van der Waals surface area contributed by atoms with Crippen molar-refractivity contribution in [3.63, 3.8) is 0 Å². The van der Waals surface area contributed by atoms with Gasteiger partial charge in [-0.05, 0) is 18.6 Å². The topological polar surface area (TPSA) is 96.4 Å².